The summed E-state index contributed by atoms with van der Waals surface area (Å²) in [6.07, 6.45) is 0.0943. The molecule has 0 bridgehead atoms. The molecule has 0 radical (unpaired) electrons. The monoisotopic (exact) mass is 393 g/mol. The highest BCUT2D eigenvalue weighted by Crippen LogP contribution is 2.33. The summed E-state index contributed by atoms with van der Waals surface area (Å²) in [5.41, 5.74) is 0.613. The molecule has 0 amide bonds. The molecule has 0 fully saturated rings. The van der Waals surface area contributed by atoms with Gasteiger partial charge in [0, 0.05) is 27.2 Å². The lowest BCUT2D eigenvalue weighted by Crippen LogP contribution is -2.21. The Bertz CT molecular complexity index is 644. The zero-order chi connectivity index (χ0) is 15.6. The first-order chi connectivity index (χ1) is 9.95. The topological polar surface area (TPSA) is 12.0 Å². The molecule has 112 valence electrons. The van der Waals surface area contributed by atoms with Crippen LogP contribution in [0.5, 0.6) is 0 Å². The predicted molar refractivity (Wildman–Crippen MR) is 86.0 cm³/mol. The van der Waals surface area contributed by atoms with E-state index in [1.807, 2.05) is 0 Å². The molecule has 1 N–H and O–H groups in total. The average molecular weight is 395 g/mol. The molecule has 21 heavy (non-hydrogen) atoms. The summed E-state index contributed by atoms with van der Waals surface area (Å²) in [4.78, 5) is 0. The van der Waals surface area contributed by atoms with Crippen molar-refractivity contribution in [1.82, 2.24) is 5.32 Å². The van der Waals surface area contributed by atoms with E-state index >= 15 is 0 Å². The van der Waals surface area contributed by atoms with E-state index < -0.39 is 17.7 Å². The van der Waals surface area contributed by atoms with Crippen molar-refractivity contribution in [3.05, 3.63) is 67.6 Å². The van der Waals surface area contributed by atoms with Crippen molar-refractivity contribution in [2.75, 3.05) is 7.05 Å². The van der Waals surface area contributed by atoms with E-state index in [9.17, 15) is 8.78 Å². The van der Waals surface area contributed by atoms with Crippen LogP contribution in [0.25, 0.3) is 0 Å². The zero-order valence-corrected chi connectivity index (χ0v) is 14.2. The summed E-state index contributed by atoms with van der Waals surface area (Å²) in [7, 11) is 1.69. The minimum absolute atomic E-state index is 0.0142. The second kappa shape index (κ2) is 7.05. The third-order valence-corrected chi connectivity index (χ3v) is 4.52. The van der Waals surface area contributed by atoms with E-state index in [1.54, 1.807) is 25.2 Å². The van der Waals surface area contributed by atoms with Crippen molar-refractivity contribution in [1.29, 1.82) is 0 Å². The van der Waals surface area contributed by atoms with E-state index in [1.165, 1.54) is 12.1 Å². The highest BCUT2D eigenvalue weighted by Gasteiger charge is 2.21. The fraction of sp³-hybridized carbons (Fsp3) is 0.200. The molecule has 1 nitrogen and oxygen atoms in total. The van der Waals surface area contributed by atoms with Crippen LogP contribution < -0.4 is 5.32 Å². The van der Waals surface area contributed by atoms with Crippen LogP contribution in [-0.4, -0.2) is 7.05 Å². The number of benzene rings is 2. The van der Waals surface area contributed by atoms with Crippen molar-refractivity contribution in [2.24, 2.45) is 0 Å². The first-order valence-electron chi connectivity index (χ1n) is 6.19. The number of nitrogens with one attached hydrogen (secondary N) is 1. The maximum Gasteiger partial charge on any atom is 0.143 e. The van der Waals surface area contributed by atoms with Crippen LogP contribution in [0.4, 0.5) is 8.78 Å². The van der Waals surface area contributed by atoms with Crippen molar-refractivity contribution in [3.8, 4) is 0 Å². The Balaban J connectivity index is 2.43. The van der Waals surface area contributed by atoms with Gasteiger partial charge in [-0.1, -0.05) is 29.3 Å². The number of halogens is 5. The third kappa shape index (κ3) is 3.57. The van der Waals surface area contributed by atoms with Gasteiger partial charge >= 0.3 is 0 Å². The Labute approximate surface area is 140 Å². The molecular formula is C15H12BrCl2F2N. The number of hydrogen-bond acceptors (Lipinski definition) is 1. The molecule has 0 aliphatic rings. The number of rotatable bonds is 4. The average Bonchev–Trinajstić information content (AvgIpc) is 2.45. The van der Waals surface area contributed by atoms with Gasteiger partial charge in [0.1, 0.15) is 11.6 Å². The fourth-order valence-electron chi connectivity index (χ4n) is 2.15. The number of hydrogen-bond donors (Lipinski definition) is 1. The molecular weight excluding hydrogens is 383 g/mol. The van der Waals surface area contributed by atoms with Gasteiger partial charge in [-0.15, -0.1) is 0 Å². The highest BCUT2D eigenvalue weighted by molar-refractivity contribution is 9.10. The highest BCUT2D eigenvalue weighted by atomic mass is 79.9. The van der Waals surface area contributed by atoms with Crippen LogP contribution in [-0.2, 0) is 6.42 Å². The largest absolute Gasteiger partial charge is 0.313 e. The molecule has 0 saturated carbocycles. The van der Waals surface area contributed by atoms with Crippen LogP contribution >= 0.6 is 39.1 Å². The van der Waals surface area contributed by atoms with Crippen LogP contribution in [0.1, 0.15) is 17.2 Å². The fourth-order valence-corrected chi connectivity index (χ4v) is 3.18. The second-order valence-corrected chi connectivity index (χ2v) is 6.17. The van der Waals surface area contributed by atoms with Crippen LogP contribution in [0.15, 0.2) is 34.8 Å². The Morgan fingerprint density at radius 1 is 1.14 bits per heavy atom. The van der Waals surface area contributed by atoms with Crippen LogP contribution in [0.3, 0.4) is 0 Å². The minimum Gasteiger partial charge on any atom is -0.313 e. The van der Waals surface area contributed by atoms with Gasteiger partial charge in [-0.05, 0) is 53.7 Å². The van der Waals surface area contributed by atoms with Crippen molar-refractivity contribution >= 4 is 39.1 Å². The maximum atomic E-state index is 14.1. The van der Waals surface area contributed by atoms with Gasteiger partial charge in [0.15, 0.2) is 0 Å². The van der Waals surface area contributed by atoms with E-state index in [4.69, 9.17) is 23.2 Å². The molecule has 1 atom stereocenters. The molecule has 6 heteroatoms. The number of likely N-dealkylation sites (N-methyl/N-ethyl adjacent to an activating group) is 1. The minimum atomic E-state index is -0.613. The lowest BCUT2D eigenvalue weighted by Gasteiger charge is -2.20. The Kier molecular flexibility index (Phi) is 5.60. The zero-order valence-electron chi connectivity index (χ0n) is 11.1. The van der Waals surface area contributed by atoms with Crippen LogP contribution in [0, 0.1) is 11.6 Å². The third-order valence-electron chi connectivity index (χ3n) is 3.24. The van der Waals surface area contributed by atoms with Gasteiger partial charge in [-0.2, -0.15) is 0 Å². The van der Waals surface area contributed by atoms with E-state index in [2.05, 4.69) is 21.2 Å². The first kappa shape index (κ1) is 16.7. The van der Waals surface area contributed by atoms with Crippen molar-refractivity contribution in [2.45, 2.75) is 12.5 Å². The predicted octanol–water partition coefficient (Wildman–Crippen LogP) is 5.54. The quantitative estimate of drug-likeness (QED) is 0.671. The molecule has 0 aliphatic carbocycles. The summed E-state index contributed by atoms with van der Waals surface area (Å²) in [5, 5.41) is 3.92. The molecule has 1 unspecified atom stereocenters. The molecule has 0 aromatic heterocycles. The molecule has 2 aromatic rings. The summed E-state index contributed by atoms with van der Waals surface area (Å²) in [6.45, 7) is 0. The van der Waals surface area contributed by atoms with Crippen molar-refractivity contribution < 1.29 is 8.78 Å². The van der Waals surface area contributed by atoms with E-state index in [0.29, 0.717) is 15.6 Å². The summed E-state index contributed by atoms with van der Waals surface area (Å²) >= 11 is 15.4. The summed E-state index contributed by atoms with van der Waals surface area (Å²) in [5.74, 6) is -1.21. The van der Waals surface area contributed by atoms with Crippen LogP contribution in [0.2, 0.25) is 10.0 Å². The van der Waals surface area contributed by atoms with Gasteiger partial charge in [0.2, 0.25) is 0 Å². The first-order valence-corrected chi connectivity index (χ1v) is 7.74. The summed E-state index contributed by atoms with van der Waals surface area (Å²) in [6, 6.07) is 7.28. The van der Waals surface area contributed by atoms with Gasteiger partial charge in [0.25, 0.3) is 0 Å². The molecule has 2 aromatic carbocycles. The SMILES string of the molecule is CNC(Cc1c(F)ccc(Br)c1F)c1c(Cl)cccc1Cl. The molecule has 0 saturated heterocycles. The smallest absolute Gasteiger partial charge is 0.143 e. The van der Waals surface area contributed by atoms with Gasteiger partial charge in [-0.3, -0.25) is 0 Å². The molecule has 0 aliphatic heterocycles. The normalized spacial score (nSPS) is 12.5. The second-order valence-electron chi connectivity index (χ2n) is 4.50. The lowest BCUT2D eigenvalue weighted by atomic mass is 9.98. The van der Waals surface area contributed by atoms with Gasteiger partial charge < -0.3 is 5.32 Å². The van der Waals surface area contributed by atoms with Gasteiger partial charge in [-0.25, -0.2) is 8.78 Å². The Morgan fingerprint density at radius 2 is 1.76 bits per heavy atom. The molecule has 2 rings (SSSR count). The summed E-state index contributed by atoms with van der Waals surface area (Å²) < 4.78 is 28.2. The Hall–Kier alpha value is -0.680. The van der Waals surface area contributed by atoms with Crippen molar-refractivity contribution in [3.63, 3.8) is 0 Å². The molecule has 0 heterocycles. The lowest BCUT2D eigenvalue weighted by molar-refractivity contribution is 0.512. The molecule has 0 spiro atoms. The Morgan fingerprint density at radius 3 is 2.33 bits per heavy atom. The van der Waals surface area contributed by atoms with E-state index in [0.717, 1.165) is 0 Å². The van der Waals surface area contributed by atoms with E-state index in [-0.39, 0.29) is 16.5 Å². The standard InChI is InChI=1S/C15H12BrCl2F2N/c1-21-13(14-10(17)3-2-4-11(14)18)7-8-12(19)6-5-9(16)15(8)20/h2-6,13,21H,7H2,1H3. The maximum absolute atomic E-state index is 14.1. The van der Waals surface area contributed by atoms with Gasteiger partial charge in [0.05, 0.1) is 4.47 Å².